The van der Waals surface area contributed by atoms with Crippen molar-refractivity contribution in [1.29, 1.82) is 0 Å². The normalized spacial score (nSPS) is 24.8. The number of aromatic nitrogens is 4. The van der Waals surface area contributed by atoms with Crippen LogP contribution in [-0.2, 0) is 4.74 Å². The highest BCUT2D eigenvalue weighted by Gasteiger charge is 2.44. The minimum Gasteiger partial charge on any atom is -0.394 e. The molecule has 0 bridgehead atoms. The van der Waals surface area contributed by atoms with Crippen LogP contribution in [0.3, 0.4) is 0 Å². The molecule has 174 valence electrons. The first-order valence-electron chi connectivity index (χ1n) is 8.77. The Morgan fingerprint density at radius 2 is 1.81 bits per heavy atom. The van der Waals surface area contributed by atoms with Crippen molar-refractivity contribution < 1.29 is 46.4 Å². The van der Waals surface area contributed by atoms with Gasteiger partial charge in [-0.15, -0.1) is 0 Å². The molecule has 16 heteroatoms. The molecule has 0 radical (unpaired) electrons. The van der Waals surface area contributed by atoms with E-state index >= 15 is 0 Å². The summed E-state index contributed by atoms with van der Waals surface area (Å²) in [7, 11) is 0. The SMILES string of the molecule is OC[C@H]1O[C@@H](n2cnc3c(NCC(F)(F)F)nc(SCCC(F)(F)F)nc32)C(O)C1O. The van der Waals surface area contributed by atoms with Crippen molar-refractivity contribution in [2.45, 2.75) is 48.5 Å². The summed E-state index contributed by atoms with van der Waals surface area (Å²) in [4.78, 5) is 11.8. The number of nitrogens with zero attached hydrogens (tertiary/aromatic N) is 4. The minimum absolute atomic E-state index is 0.135. The zero-order chi connectivity index (χ0) is 23.0. The van der Waals surface area contributed by atoms with Gasteiger partial charge < -0.3 is 25.4 Å². The Labute approximate surface area is 174 Å². The van der Waals surface area contributed by atoms with E-state index in [-0.39, 0.29) is 22.1 Å². The molecule has 2 aromatic rings. The van der Waals surface area contributed by atoms with Crippen molar-refractivity contribution in [3.05, 3.63) is 6.33 Å². The number of hydrogen-bond donors (Lipinski definition) is 4. The second-order valence-corrected chi connectivity index (χ2v) is 7.65. The lowest BCUT2D eigenvalue weighted by atomic mass is 10.1. The molecule has 1 fully saturated rings. The van der Waals surface area contributed by atoms with Gasteiger partial charge in [0.2, 0.25) is 0 Å². The second-order valence-electron chi connectivity index (χ2n) is 6.59. The lowest BCUT2D eigenvalue weighted by Crippen LogP contribution is -2.33. The topological polar surface area (TPSA) is 126 Å². The predicted octanol–water partition coefficient (Wildman–Crippen LogP) is 1.46. The second kappa shape index (κ2) is 8.93. The molecule has 0 saturated carbocycles. The molecule has 1 aliphatic rings. The van der Waals surface area contributed by atoms with Gasteiger partial charge in [-0.3, -0.25) is 4.57 Å². The third-order valence-electron chi connectivity index (χ3n) is 4.27. The fourth-order valence-corrected chi connectivity index (χ4v) is 3.65. The molecule has 4 atom stereocenters. The molecule has 1 saturated heterocycles. The number of anilines is 1. The maximum atomic E-state index is 12.6. The number of fused-ring (bicyclic) bond motifs is 1. The molecule has 0 spiro atoms. The molecular weight excluding hydrogens is 460 g/mol. The predicted molar refractivity (Wildman–Crippen MR) is 94.3 cm³/mol. The zero-order valence-electron chi connectivity index (χ0n) is 15.4. The lowest BCUT2D eigenvalue weighted by Gasteiger charge is -2.17. The fourth-order valence-electron chi connectivity index (χ4n) is 2.82. The smallest absolute Gasteiger partial charge is 0.394 e. The molecule has 9 nitrogen and oxygen atoms in total. The Morgan fingerprint density at radius 3 is 2.39 bits per heavy atom. The van der Waals surface area contributed by atoms with Crippen LogP contribution in [0.5, 0.6) is 0 Å². The van der Waals surface area contributed by atoms with Gasteiger partial charge in [0, 0.05) is 5.75 Å². The summed E-state index contributed by atoms with van der Waals surface area (Å²) in [6.45, 7) is -2.10. The van der Waals surface area contributed by atoms with Crippen LogP contribution in [-0.4, -0.2) is 84.4 Å². The summed E-state index contributed by atoms with van der Waals surface area (Å²) in [6, 6.07) is 0. The molecule has 0 amide bonds. The molecule has 3 heterocycles. The van der Waals surface area contributed by atoms with Gasteiger partial charge in [-0.2, -0.15) is 26.3 Å². The van der Waals surface area contributed by atoms with Crippen molar-refractivity contribution in [2.75, 3.05) is 24.2 Å². The van der Waals surface area contributed by atoms with Gasteiger partial charge in [0.1, 0.15) is 24.9 Å². The van der Waals surface area contributed by atoms with E-state index < -0.39 is 62.2 Å². The van der Waals surface area contributed by atoms with E-state index in [1.807, 2.05) is 5.32 Å². The minimum atomic E-state index is -4.60. The van der Waals surface area contributed by atoms with Crippen molar-refractivity contribution in [2.24, 2.45) is 0 Å². The van der Waals surface area contributed by atoms with Crippen LogP contribution < -0.4 is 5.32 Å². The molecule has 31 heavy (non-hydrogen) atoms. The first kappa shape index (κ1) is 23.8. The van der Waals surface area contributed by atoms with Crippen molar-refractivity contribution >= 4 is 28.7 Å². The number of ether oxygens (including phenoxy) is 1. The molecule has 4 N–H and O–H groups in total. The molecule has 2 aromatic heterocycles. The fraction of sp³-hybridized carbons (Fsp3) is 0.667. The van der Waals surface area contributed by atoms with Gasteiger partial charge in [-0.05, 0) is 0 Å². The highest BCUT2D eigenvalue weighted by atomic mass is 32.2. The van der Waals surface area contributed by atoms with E-state index in [0.29, 0.717) is 11.8 Å². The molecule has 0 aromatic carbocycles. The highest BCUT2D eigenvalue weighted by molar-refractivity contribution is 7.99. The van der Waals surface area contributed by atoms with E-state index in [1.165, 1.54) is 0 Å². The summed E-state index contributed by atoms with van der Waals surface area (Å²) >= 11 is 0.573. The number of imidazole rings is 1. The van der Waals surface area contributed by atoms with Gasteiger partial charge in [-0.1, -0.05) is 11.8 Å². The Bertz CT molecular complexity index is 910. The Morgan fingerprint density at radius 1 is 1.10 bits per heavy atom. The molecular formula is C15H17F6N5O4S. The monoisotopic (exact) mass is 477 g/mol. The number of hydrogen-bond acceptors (Lipinski definition) is 9. The van der Waals surface area contributed by atoms with Crippen molar-refractivity contribution in [3.63, 3.8) is 0 Å². The van der Waals surface area contributed by atoms with Crippen LogP contribution in [0.25, 0.3) is 11.2 Å². The lowest BCUT2D eigenvalue weighted by molar-refractivity contribution is -0.129. The Kier molecular flexibility index (Phi) is 6.85. The van der Waals surface area contributed by atoms with Gasteiger partial charge in [0.05, 0.1) is 19.4 Å². The van der Waals surface area contributed by atoms with E-state index in [9.17, 15) is 41.7 Å². The summed E-state index contributed by atoms with van der Waals surface area (Å²) in [5, 5.41) is 31.1. The third-order valence-corrected chi connectivity index (χ3v) is 5.11. The van der Waals surface area contributed by atoms with Gasteiger partial charge in [0.15, 0.2) is 28.4 Å². The average Bonchev–Trinajstić information content (AvgIpc) is 3.19. The largest absolute Gasteiger partial charge is 0.405 e. The number of rotatable bonds is 7. The van der Waals surface area contributed by atoms with Crippen LogP contribution in [0.1, 0.15) is 12.6 Å². The maximum absolute atomic E-state index is 12.6. The number of nitrogens with one attached hydrogen (secondary N) is 1. The first-order valence-corrected chi connectivity index (χ1v) is 9.75. The van der Waals surface area contributed by atoms with E-state index in [0.717, 1.165) is 10.9 Å². The Hall–Kier alpha value is -1.88. The quantitative estimate of drug-likeness (QED) is 0.266. The van der Waals surface area contributed by atoms with Crippen LogP contribution in [0.4, 0.5) is 32.2 Å². The summed E-state index contributed by atoms with van der Waals surface area (Å²) in [5.74, 6) is -0.849. The molecule has 3 rings (SSSR count). The van der Waals surface area contributed by atoms with E-state index in [2.05, 4.69) is 15.0 Å². The van der Waals surface area contributed by atoms with Gasteiger partial charge in [0.25, 0.3) is 0 Å². The van der Waals surface area contributed by atoms with Crippen LogP contribution in [0.15, 0.2) is 11.5 Å². The summed E-state index contributed by atoms with van der Waals surface area (Å²) < 4.78 is 81.6. The van der Waals surface area contributed by atoms with E-state index in [4.69, 9.17) is 4.74 Å². The average molecular weight is 477 g/mol. The number of alkyl halides is 6. The zero-order valence-corrected chi connectivity index (χ0v) is 16.2. The molecule has 2 unspecified atom stereocenters. The number of aliphatic hydroxyl groups excluding tert-OH is 3. The van der Waals surface area contributed by atoms with Gasteiger partial charge in [-0.25, -0.2) is 15.0 Å². The summed E-state index contributed by atoms with van der Waals surface area (Å²) in [6.07, 6.45) is -14.6. The molecule has 0 aliphatic carbocycles. The van der Waals surface area contributed by atoms with Crippen LogP contribution in [0, 0.1) is 0 Å². The molecule has 1 aliphatic heterocycles. The standard InChI is InChI=1S/C15H17F6N5O4S/c16-14(17,18)1-2-31-13-24-10(22-4-15(19,20)21)7-11(25-13)26(5-23-7)12-9(29)8(28)6(3-27)30-12/h5-6,8-9,12,27-29H,1-4H2,(H,22,24,25)/t6-,8?,9?,12-/m1/s1. The van der Waals surface area contributed by atoms with E-state index in [1.54, 1.807) is 0 Å². The first-order chi connectivity index (χ1) is 14.4. The van der Waals surface area contributed by atoms with Crippen molar-refractivity contribution in [1.82, 2.24) is 19.5 Å². The van der Waals surface area contributed by atoms with Gasteiger partial charge >= 0.3 is 12.4 Å². The number of halogens is 6. The summed E-state index contributed by atoms with van der Waals surface area (Å²) in [5.41, 5.74) is -0.286. The highest BCUT2D eigenvalue weighted by Crippen LogP contribution is 2.34. The number of thioether (sulfide) groups is 1. The number of aliphatic hydroxyl groups is 3. The third kappa shape index (κ3) is 5.68. The maximum Gasteiger partial charge on any atom is 0.405 e. The van der Waals surface area contributed by atoms with Crippen LogP contribution >= 0.6 is 11.8 Å². The van der Waals surface area contributed by atoms with Crippen molar-refractivity contribution in [3.8, 4) is 0 Å². The van der Waals surface area contributed by atoms with Crippen LogP contribution in [0.2, 0.25) is 0 Å². The Balaban J connectivity index is 1.96.